The lowest BCUT2D eigenvalue weighted by molar-refractivity contribution is 1.04. The minimum atomic E-state index is 0.812. The molecule has 0 unspecified atom stereocenters. The van der Waals surface area contributed by atoms with Gasteiger partial charge in [-0.25, -0.2) is 4.98 Å². The van der Waals surface area contributed by atoms with Crippen LogP contribution in [0.1, 0.15) is 16.7 Å². The van der Waals surface area contributed by atoms with Crippen LogP contribution in [0.4, 0.5) is 5.69 Å². The van der Waals surface area contributed by atoms with E-state index in [1.165, 1.54) is 16.7 Å². The van der Waals surface area contributed by atoms with Gasteiger partial charge in [-0.15, -0.1) is 0 Å². The van der Waals surface area contributed by atoms with E-state index in [2.05, 4.69) is 54.5 Å². The highest BCUT2D eigenvalue weighted by molar-refractivity contribution is 5.61. The Bertz CT molecular complexity index is 730. The van der Waals surface area contributed by atoms with Gasteiger partial charge in [-0.05, 0) is 42.7 Å². The number of para-hydroxylation sites is 2. The fourth-order valence-electron chi connectivity index (χ4n) is 2.36. The van der Waals surface area contributed by atoms with Crippen molar-refractivity contribution in [2.45, 2.75) is 20.4 Å². The Labute approximate surface area is 125 Å². The maximum atomic E-state index is 4.11. The van der Waals surface area contributed by atoms with Gasteiger partial charge >= 0.3 is 0 Å². The Morgan fingerprint density at radius 1 is 1.05 bits per heavy atom. The van der Waals surface area contributed by atoms with Gasteiger partial charge in [-0.3, -0.25) is 0 Å². The Hall–Kier alpha value is -2.55. The maximum absolute atomic E-state index is 4.11. The molecule has 0 amide bonds. The molecule has 1 heterocycles. The molecule has 0 bridgehead atoms. The van der Waals surface area contributed by atoms with Gasteiger partial charge in [0.1, 0.15) is 0 Å². The summed E-state index contributed by atoms with van der Waals surface area (Å²) in [5.74, 6) is 0. The molecule has 3 rings (SSSR count). The summed E-state index contributed by atoms with van der Waals surface area (Å²) in [5.41, 5.74) is 6.17. The third-order valence-electron chi connectivity index (χ3n) is 3.74. The zero-order valence-electron chi connectivity index (χ0n) is 12.4. The van der Waals surface area contributed by atoms with Crippen molar-refractivity contribution in [2.75, 3.05) is 5.32 Å². The largest absolute Gasteiger partial charge is 0.379 e. The molecule has 106 valence electrons. The molecule has 0 aliphatic heterocycles. The first-order chi connectivity index (χ1) is 10.2. The first kappa shape index (κ1) is 13.4. The van der Waals surface area contributed by atoms with Gasteiger partial charge < -0.3 is 9.88 Å². The van der Waals surface area contributed by atoms with Crippen molar-refractivity contribution in [1.82, 2.24) is 9.55 Å². The van der Waals surface area contributed by atoms with Crippen LogP contribution in [-0.2, 0) is 6.54 Å². The summed E-state index contributed by atoms with van der Waals surface area (Å²) < 4.78 is 2.02. The van der Waals surface area contributed by atoms with Crippen LogP contribution in [0.5, 0.6) is 0 Å². The van der Waals surface area contributed by atoms with Gasteiger partial charge in [0.2, 0.25) is 0 Å². The second-order valence-electron chi connectivity index (χ2n) is 5.26. The summed E-state index contributed by atoms with van der Waals surface area (Å²) in [6, 6.07) is 14.9. The third kappa shape index (κ3) is 2.97. The van der Waals surface area contributed by atoms with E-state index in [0.717, 1.165) is 17.9 Å². The summed E-state index contributed by atoms with van der Waals surface area (Å²) in [4.78, 5) is 4.11. The van der Waals surface area contributed by atoms with E-state index < -0.39 is 0 Å². The van der Waals surface area contributed by atoms with Crippen molar-refractivity contribution < 1.29 is 0 Å². The normalized spacial score (nSPS) is 10.6. The molecular formula is C18H19N3. The molecule has 0 fully saturated rings. The molecular weight excluding hydrogens is 258 g/mol. The van der Waals surface area contributed by atoms with Crippen LogP contribution in [0.2, 0.25) is 0 Å². The summed E-state index contributed by atoms with van der Waals surface area (Å²) in [7, 11) is 0. The molecule has 0 aliphatic rings. The number of nitrogens with zero attached hydrogens (tertiary/aromatic N) is 2. The molecule has 3 nitrogen and oxygen atoms in total. The minimum Gasteiger partial charge on any atom is -0.379 e. The number of imidazole rings is 1. The monoisotopic (exact) mass is 277 g/mol. The SMILES string of the molecule is Cc1ccc(CNc2ccccc2-n2ccnc2)cc1C. The molecule has 0 saturated heterocycles. The molecule has 21 heavy (non-hydrogen) atoms. The zero-order chi connectivity index (χ0) is 14.7. The number of hydrogen-bond acceptors (Lipinski definition) is 2. The smallest absolute Gasteiger partial charge is 0.0992 e. The van der Waals surface area contributed by atoms with Crippen LogP contribution >= 0.6 is 0 Å². The van der Waals surface area contributed by atoms with Gasteiger partial charge in [0.25, 0.3) is 0 Å². The molecule has 1 N–H and O–H groups in total. The standard InChI is InChI=1S/C18H19N3/c1-14-7-8-16(11-15(14)2)12-20-17-5-3-4-6-18(17)21-10-9-19-13-21/h3-11,13,20H,12H2,1-2H3. The Morgan fingerprint density at radius 2 is 1.90 bits per heavy atom. The van der Waals surface area contributed by atoms with E-state index in [9.17, 15) is 0 Å². The van der Waals surface area contributed by atoms with E-state index in [1.807, 2.05) is 29.2 Å². The van der Waals surface area contributed by atoms with Crippen LogP contribution in [0.3, 0.4) is 0 Å². The molecule has 0 atom stereocenters. The van der Waals surface area contributed by atoms with Crippen molar-refractivity contribution in [3.63, 3.8) is 0 Å². The highest BCUT2D eigenvalue weighted by Gasteiger charge is 2.03. The van der Waals surface area contributed by atoms with Crippen molar-refractivity contribution in [3.05, 3.63) is 77.9 Å². The molecule has 0 aliphatic carbocycles. The quantitative estimate of drug-likeness (QED) is 0.778. The number of anilines is 1. The van der Waals surface area contributed by atoms with Crippen LogP contribution in [0, 0.1) is 13.8 Å². The van der Waals surface area contributed by atoms with Crippen molar-refractivity contribution in [1.29, 1.82) is 0 Å². The topological polar surface area (TPSA) is 29.9 Å². The number of hydrogen-bond donors (Lipinski definition) is 1. The summed E-state index contributed by atoms with van der Waals surface area (Å²) >= 11 is 0. The average molecular weight is 277 g/mol. The molecule has 0 saturated carbocycles. The van der Waals surface area contributed by atoms with Gasteiger partial charge in [0, 0.05) is 18.9 Å². The highest BCUT2D eigenvalue weighted by Crippen LogP contribution is 2.20. The van der Waals surface area contributed by atoms with E-state index >= 15 is 0 Å². The second-order valence-corrected chi connectivity index (χ2v) is 5.26. The third-order valence-corrected chi connectivity index (χ3v) is 3.74. The number of nitrogens with one attached hydrogen (secondary N) is 1. The van der Waals surface area contributed by atoms with Gasteiger partial charge in [-0.2, -0.15) is 0 Å². The molecule has 3 aromatic rings. The predicted octanol–water partition coefficient (Wildman–Crippen LogP) is 4.10. The molecule has 1 aromatic heterocycles. The lowest BCUT2D eigenvalue weighted by atomic mass is 10.1. The number of aromatic nitrogens is 2. The average Bonchev–Trinajstić information content (AvgIpc) is 3.03. The summed E-state index contributed by atoms with van der Waals surface area (Å²) in [6.07, 6.45) is 5.56. The Balaban J connectivity index is 1.81. The number of rotatable bonds is 4. The van der Waals surface area contributed by atoms with Gasteiger partial charge in [0.15, 0.2) is 0 Å². The highest BCUT2D eigenvalue weighted by atomic mass is 15.0. The molecule has 3 heteroatoms. The minimum absolute atomic E-state index is 0.812. The van der Waals surface area contributed by atoms with Crippen molar-refractivity contribution >= 4 is 5.69 Å². The second kappa shape index (κ2) is 5.83. The van der Waals surface area contributed by atoms with E-state index in [1.54, 1.807) is 6.20 Å². The fraction of sp³-hybridized carbons (Fsp3) is 0.167. The van der Waals surface area contributed by atoms with Crippen molar-refractivity contribution in [2.24, 2.45) is 0 Å². The van der Waals surface area contributed by atoms with Gasteiger partial charge in [0.05, 0.1) is 17.7 Å². The van der Waals surface area contributed by atoms with E-state index in [4.69, 9.17) is 0 Å². The summed E-state index contributed by atoms with van der Waals surface area (Å²) in [6.45, 7) is 5.10. The molecule has 0 spiro atoms. The van der Waals surface area contributed by atoms with E-state index in [-0.39, 0.29) is 0 Å². The van der Waals surface area contributed by atoms with Crippen LogP contribution in [0.25, 0.3) is 5.69 Å². The van der Waals surface area contributed by atoms with Crippen LogP contribution in [0.15, 0.2) is 61.2 Å². The Kier molecular flexibility index (Phi) is 3.73. The fourth-order valence-corrected chi connectivity index (χ4v) is 2.36. The predicted molar refractivity (Wildman–Crippen MR) is 86.8 cm³/mol. The van der Waals surface area contributed by atoms with E-state index in [0.29, 0.717) is 0 Å². The lowest BCUT2D eigenvalue weighted by Crippen LogP contribution is -2.04. The maximum Gasteiger partial charge on any atom is 0.0992 e. The first-order valence-electron chi connectivity index (χ1n) is 7.11. The summed E-state index contributed by atoms with van der Waals surface area (Å²) in [5, 5.41) is 3.52. The molecule has 2 aromatic carbocycles. The molecule has 0 radical (unpaired) electrons. The van der Waals surface area contributed by atoms with Gasteiger partial charge in [-0.1, -0.05) is 30.3 Å². The van der Waals surface area contributed by atoms with Crippen molar-refractivity contribution in [3.8, 4) is 5.69 Å². The number of aryl methyl sites for hydroxylation is 2. The lowest BCUT2D eigenvalue weighted by Gasteiger charge is -2.13. The zero-order valence-corrected chi connectivity index (χ0v) is 12.4. The Morgan fingerprint density at radius 3 is 2.67 bits per heavy atom. The van der Waals surface area contributed by atoms with Crippen LogP contribution in [-0.4, -0.2) is 9.55 Å². The first-order valence-corrected chi connectivity index (χ1v) is 7.11. The number of benzene rings is 2. The van der Waals surface area contributed by atoms with Crippen LogP contribution < -0.4 is 5.32 Å².